The first kappa shape index (κ1) is 20.7. The zero-order valence-electron chi connectivity index (χ0n) is 17.0. The van der Waals surface area contributed by atoms with Crippen LogP contribution in [0.3, 0.4) is 0 Å². The van der Waals surface area contributed by atoms with Gasteiger partial charge in [0.2, 0.25) is 5.91 Å². The summed E-state index contributed by atoms with van der Waals surface area (Å²) in [6.45, 7) is 5.28. The molecule has 1 N–H and O–H groups in total. The van der Waals surface area contributed by atoms with Gasteiger partial charge in [0, 0.05) is 17.0 Å². The molecule has 31 heavy (non-hydrogen) atoms. The van der Waals surface area contributed by atoms with E-state index in [1.165, 1.54) is 42.5 Å². The SMILES string of the molecule is Cc1cc(-c2cc(=O)n([C@@H](C)C(=O)Nc3ccccc3F)nc2-c2ccc(C)s2)on1. The van der Waals surface area contributed by atoms with E-state index in [4.69, 9.17) is 4.52 Å². The van der Waals surface area contributed by atoms with Crippen molar-refractivity contribution in [1.82, 2.24) is 14.9 Å². The summed E-state index contributed by atoms with van der Waals surface area (Å²) in [6, 6.07) is 11.8. The molecule has 3 aromatic heterocycles. The molecule has 4 aromatic rings. The van der Waals surface area contributed by atoms with Crippen LogP contribution in [0.5, 0.6) is 0 Å². The number of aromatic nitrogens is 3. The predicted molar refractivity (Wildman–Crippen MR) is 117 cm³/mol. The van der Waals surface area contributed by atoms with Gasteiger partial charge in [-0.25, -0.2) is 9.07 Å². The maximum Gasteiger partial charge on any atom is 0.268 e. The second-order valence-electron chi connectivity index (χ2n) is 7.08. The molecule has 0 radical (unpaired) electrons. The van der Waals surface area contributed by atoms with Crippen LogP contribution >= 0.6 is 11.3 Å². The van der Waals surface area contributed by atoms with Crippen molar-refractivity contribution < 1.29 is 13.7 Å². The molecule has 0 bridgehead atoms. The molecule has 7 nitrogen and oxygen atoms in total. The number of benzene rings is 1. The van der Waals surface area contributed by atoms with Crippen LogP contribution in [0.4, 0.5) is 10.1 Å². The van der Waals surface area contributed by atoms with Crippen LogP contribution in [0, 0.1) is 19.7 Å². The molecule has 0 aliphatic rings. The van der Waals surface area contributed by atoms with Gasteiger partial charge in [0.1, 0.15) is 17.6 Å². The Morgan fingerprint density at radius 3 is 2.61 bits per heavy atom. The van der Waals surface area contributed by atoms with Crippen molar-refractivity contribution >= 4 is 22.9 Å². The fraction of sp³-hybridized carbons (Fsp3) is 0.182. The molecular formula is C22H19FN4O3S. The smallest absolute Gasteiger partial charge is 0.268 e. The number of thiophene rings is 1. The number of hydrogen-bond donors (Lipinski definition) is 1. The quantitative estimate of drug-likeness (QED) is 0.493. The van der Waals surface area contributed by atoms with Crippen LogP contribution in [0.1, 0.15) is 23.5 Å². The molecule has 9 heteroatoms. The first-order chi connectivity index (χ1) is 14.8. The molecule has 0 saturated carbocycles. The molecule has 1 atom stereocenters. The zero-order chi connectivity index (χ0) is 22.1. The zero-order valence-corrected chi connectivity index (χ0v) is 17.9. The van der Waals surface area contributed by atoms with Crippen molar-refractivity contribution in [2.75, 3.05) is 5.32 Å². The van der Waals surface area contributed by atoms with Crippen LogP contribution in [0.25, 0.3) is 21.9 Å². The third-order valence-corrected chi connectivity index (χ3v) is 5.71. The third kappa shape index (κ3) is 4.17. The van der Waals surface area contributed by atoms with Crippen LogP contribution in [0.15, 0.2) is 57.8 Å². The number of rotatable bonds is 5. The number of para-hydroxylation sites is 1. The number of amides is 1. The summed E-state index contributed by atoms with van der Waals surface area (Å²) in [5.41, 5.74) is 1.21. The highest BCUT2D eigenvalue weighted by Crippen LogP contribution is 2.34. The number of carbonyl (C=O) groups is 1. The number of hydrogen-bond acceptors (Lipinski definition) is 6. The van der Waals surface area contributed by atoms with E-state index in [1.807, 2.05) is 19.1 Å². The van der Waals surface area contributed by atoms with Gasteiger partial charge >= 0.3 is 0 Å². The summed E-state index contributed by atoms with van der Waals surface area (Å²) in [6.07, 6.45) is 0. The lowest BCUT2D eigenvalue weighted by Crippen LogP contribution is -2.33. The largest absolute Gasteiger partial charge is 0.356 e. The van der Waals surface area contributed by atoms with Gasteiger partial charge in [0.05, 0.1) is 21.8 Å². The number of nitrogens with one attached hydrogen (secondary N) is 1. The lowest BCUT2D eigenvalue weighted by molar-refractivity contribution is -0.119. The van der Waals surface area contributed by atoms with Crippen LogP contribution in [-0.4, -0.2) is 20.8 Å². The van der Waals surface area contributed by atoms with Crippen LogP contribution in [0.2, 0.25) is 0 Å². The summed E-state index contributed by atoms with van der Waals surface area (Å²) in [7, 11) is 0. The van der Waals surface area contributed by atoms with E-state index in [2.05, 4.69) is 15.6 Å². The van der Waals surface area contributed by atoms with E-state index < -0.39 is 23.3 Å². The molecule has 0 saturated heterocycles. The number of carbonyl (C=O) groups excluding carboxylic acids is 1. The maximum absolute atomic E-state index is 13.9. The van der Waals surface area contributed by atoms with E-state index in [1.54, 1.807) is 19.1 Å². The van der Waals surface area contributed by atoms with Gasteiger partial charge in [0.25, 0.3) is 5.56 Å². The highest BCUT2D eigenvalue weighted by Gasteiger charge is 2.23. The van der Waals surface area contributed by atoms with Crippen molar-refractivity contribution in [3.05, 3.63) is 75.3 Å². The first-order valence-corrected chi connectivity index (χ1v) is 10.3. The van der Waals surface area contributed by atoms with Gasteiger partial charge < -0.3 is 9.84 Å². The highest BCUT2D eigenvalue weighted by molar-refractivity contribution is 7.15. The Morgan fingerprint density at radius 1 is 1.19 bits per heavy atom. The standard InChI is InChI=1S/C22H19FN4O3S/c1-12-10-18(30-26-12)15-11-20(28)27(25-21(15)19-9-8-13(2)31-19)14(3)22(29)24-17-7-5-4-6-16(17)23/h4-11,14H,1-3H3,(H,24,29)/t14-/m0/s1. The number of aryl methyl sites for hydroxylation is 2. The topological polar surface area (TPSA) is 90.0 Å². The van der Waals surface area contributed by atoms with E-state index in [-0.39, 0.29) is 5.69 Å². The van der Waals surface area contributed by atoms with E-state index in [0.29, 0.717) is 22.7 Å². The summed E-state index contributed by atoms with van der Waals surface area (Å²) in [5.74, 6) is -0.704. The Balaban J connectivity index is 1.77. The van der Waals surface area contributed by atoms with Crippen LogP contribution < -0.4 is 10.9 Å². The Kier molecular flexibility index (Phi) is 5.51. The molecule has 0 aliphatic carbocycles. The molecule has 4 rings (SSSR count). The number of halogens is 1. The van der Waals surface area contributed by atoms with Gasteiger partial charge in [0.15, 0.2) is 5.76 Å². The van der Waals surface area contributed by atoms with E-state index in [9.17, 15) is 14.0 Å². The second kappa shape index (κ2) is 8.27. The lowest BCUT2D eigenvalue weighted by atomic mass is 10.1. The Labute approximate surface area is 181 Å². The van der Waals surface area contributed by atoms with Crippen molar-refractivity contribution in [2.24, 2.45) is 0 Å². The second-order valence-corrected chi connectivity index (χ2v) is 8.37. The van der Waals surface area contributed by atoms with Gasteiger partial charge in [-0.3, -0.25) is 9.59 Å². The summed E-state index contributed by atoms with van der Waals surface area (Å²) in [5, 5.41) is 10.9. The van der Waals surface area contributed by atoms with Gasteiger partial charge in [-0.2, -0.15) is 5.10 Å². The van der Waals surface area contributed by atoms with Gasteiger partial charge in [-0.15, -0.1) is 11.3 Å². The molecule has 1 aromatic carbocycles. The average molecular weight is 438 g/mol. The Hall–Kier alpha value is -3.59. The van der Waals surface area contributed by atoms with Crippen molar-refractivity contribution in [3.8, 4) is 21.9 Å². The first-order valence-electron chi connectivity index (χ1n) is 9.53. The van der Waals surface area contributed by atoms with Crippen molar-refractivity contribution in [3.63, 3.8) is 0 Å². The summed E-state index contributed by atoms with van der Waals surface area (Å²) in [4.78, 5) is 27.5. The molecule has 3 heterocycles. The molecule has 158 valence electrons. The number of nitrogens with zero attached hydrogens (tertiary/aromatic N) is 3. The summed E-state index contributed by atoms with van der Waals surface area (Å²) >= 11 is 1.51. The van der Waals surface area contributed by atoms with E-state index in [0.717, 1.165) is 14.4 Å². The molecule has 1 amide bonds. The van der Waals surface area contributed by atoms with Gasteiger partial charge in [-0.05, 0) is 45.0 Å². The minimum absolute atomic E-state index is 0.0373. The lowest BCUT2D eigenvalue weighted by Gasteiger charge is -2.16. The van der Waals surface area contributed by atoms with Crippen molar-refractivity contribution in [1.29, 1.82) is 0 Å². The Morgan fingerprint density at radius 2 is 1.97 bits per heavy atom. The van der Waals surface area contributed by atoms with Crippen LogP contribution in [-0.2, 0) is 4.79 Å². The van der Waals surface area contributed by atoms with E-state index >= 15 is 0 Å². The van der Waals surface area contributed by atoms with Crippen molar-refractivity contribution in [2.45, 2.75) is 26.8 Å². The predicted octanol–water partition coefficient (Wildman–Crippen LogP) is 4.58. The molecule has 0 fully saturated rings. The monoisotopic (exact) mass is 438 g/mol. The number of anilines is 1. The summed E-state index contributed by atoms with van der Waals surface area (Å²) < 4.78 is 20.4. The normalized spacial score (nSPS) is 12.0. The Bertz CT molecular complexity index is 1320. The average Bonchev–Trinajstić information content (AvgIpc) is 3.37. The molecule has 0 aliphatic heterocycles. The molecule has 0 spiro atoms. The maximum atomic E-state index is 13.9. The third-order valence-electron chi connectivity index (χ3n) is 4.70. The fourth-order valence-electron chi connectivity index (χ4n) is 3.08. The molecule has 0 unspecified atom stereocenters. The fourth-order valence-corrected chi connectivity index (χ4v) is 3.95. The minimum Gasteiger partial charge on any atom is -0.356 e. The highest BCUT2D eigenvalue weighted by atomic mass is 32.1. The van der Waals surface area contributed by atoms with Gasteiger partial charge in [-0.1, -0.05) is 17.3 Å². The minimum atomic E-state index is -0.975. The molecular weight excluding hydrogens is 419 g/mol.